The topological polar surface area (TPSA) is 133 Å². The summed E-state index contributed by atoms with van der Waals surface area (Å²) in [7, 11) is 1.43. The summed E-state index contributed by atoms with van der Waals surface area (Å²) in [5, 5.41) is 5.78. The number of carbonyl (C=O) groups is 6. The maximum Gasteiger partial charge on any atom is 0.266 e. The molecule has 2 N–H and O–H groups in total. The van der Waals surface area contributed by atoms with Crippen LogP contribution in [0, 0.1) is 6.92 Å². The van der Waals surface area contributed by atoms with Gasteiger partial charge in [0.05, 0.1) is 27.9 Å². The summed E-state index contributed by atoms with van der Waals surface area (Å²) < 4.78 is 0. The van der Waals surface area contributed by atoms with Gasteiger partial charge in [-0.05, 0) is 114 Å². The number of aryl methyl sites for hydroxylation is 1. The van der Waals surface area contributed by atoms with Crippen LogP contribution in [0.1, 0.15) is 67.7 Å². The highest BCUT2D eigenvalue weighted by atomic mass is 16.2. The summed E-state index contributed by atoms with van der Waals surface area (Å²) in [5.41, 5.74) is 7.74. The molecule has 2 aliphatic rings. The predicted octanol–water partition coefficient (Wildman–Crippen LogP) is 7.86. The van der Waals surface area contributed by atoms with Crippen molar-refractivity contribution in [2.75, 3.05) is 22.6 Å². The van der Waals surface area contributed by atoms with Gasteiger partial charge < -0.3 is 10.6 Å². The normalized spacial score (nSPS) is 13.2. The van der Waals surface area contributed by atoms with Crippen molar-refractivity contribution in [2.45, 2.75) is 6.92 Å². The van der Waals surface area contributed by atoms with Gasteiger partial charge in [-0.3, -0.25) is 33.7 Å². The van der Waals surface area contributed by atoms with Crippen LogP contribution in [-0.4, -0.2) is 47.4 Å². The van der Waals surface area contributed by atoms with E-state index in [2.05, 4.69) is 10.6 Å². The lowest BCUT2D eigenvalue weighted by Gasteiger charge is -2.14. The molecule has 0 spiro atoms. The van der Waals surface area contributed by atoms with E-state index < -0.39 is 17.7 Å². The van der Waals surface area contributed by atoms with Gasteiger partial charge in [0.2, 0.25) is 0 Å². The molecular formula is C44H30N4O6. The van der Waals surface area contributed by atoms with E-state index in [4.69, 9.17) is 0 Å². The van der Waals surface area contributed by atoms with E-state index in [0.717, 1.165) is 26.5 Å². The molecule has 10 heteroatoms. The Labute approximate surface area is 309 Å². The van der Waals surface area contributed by atoms with Crippen LogP contribution in [0.25, 0.3) is 22.3 Å². The monoisotopic (exact) mass is 710 g/mol. The molecule has 0 unspecified atom stereocenters. The van der Waals surface area contributed by atoms with Crippen molar-refractivity contribution in [3.8, 4) is 22.3 Å². The van der Waals surface area contributed by atoms with Crippen LogP contribution >= 0.6 is 0 Å². The molecule has 0 fully saturated rings. The number of fused-ring (bicyclic) bond motifs is 2. The van der Waals surface area contributed by atoms with E-state index in [-0.39, 0.29) is 34.4 Å². The van der Waals surface area contributed by atoms with Crippen molar-refractivity contribution in [1.29, 1.82) is 0 Å². The molecule has 2 aliphatic heterocycles. The lowest BCUT2D eigenvalue weighted by molar-refractivity contribution is 0.0691. The summed E-state index contributed by atoms with van der Waals surface area (Å²) in [4.78, 5) is 79.5. The summed E-state index contributed by atoms with van der Waals surface area (Å²) in [5.74, 6) is -2.31. The molecule has 0 saturated carbocycles. The zero-order valence-electron chi connectivity index (χ0n) is 29.0. The van der Waals surface area contributed by atoms with E-state index in [1.54, 1.807) is 84.9 Å². The SMILES string of the molecule is Cc1ccc(C(=O)Nc2ccc(-c3ccc(NC(=O)c4ccc(N5C(=O)c6ccc(-c7ccc8c(c7)C(=O)N(C)C8=O)cc6C5=O)cc4)cc3)cc2)cc1. The lowest BCUT2D eigenvalue weighted by Crippen LogP contribution is -2.29. The van der Waals surface area contributed by atoms with Crippen molar-refractivity contribution in [1.82, 2.24) is 4.90 Å². The Morgan fingerprint density at radius 2 is 0.833 bits per heavy atom. The Kier molecular flexibility index (Phi) is 8.27. The van der Waals surface area contributed by atoms with Gasteiger partial charge >= 0.3 is 0 Å². The molecule has 0 radical (unpaired) electrons. The molecule has 0 bridgehead atoms. The van der Waals surface area contributed by atoms with Gasteiger partial charge in [0.1, 0.15) is 0 Å². The van der Waals surface area contributed by atoms with Crippen molar-refractivity contribution in [3.63, 3.8) is 0 Å². The minimum Gasteiger partial charge on any atom is -0.322 e. The first-order valence-corrected chi connectivity index (χ1v) is 17.1. The molecule has 0 aromatic heterocycles. The second-order valence-corrected chi connectivity index (χ2v) is 13.1. The van der Waals surface area contributed by atoms with Crippen LogP contribution in [-0.2, 0) is 0 Å². The Morgan fingerprint density at radius 1 is 0.444 bits per heavy atom. The molecule has 6 aromatic carbocycles. The van der Waals surface area contributed by atoms with Gasteiger partial charge in [-0.2, -0.15) is 0 Å². The fourth-order valence-corrected chi connectivity index (χ4v) is 6.56. The number of nitrogens with one attached hydrogen (secondary N) is 2. The maximum absolute atomic E-state index is 13.5. The molecule has 6 amide bonds. The van der Waals surface area contributed by atoms with E-state index in [0.29, 0.717) is 44.9 Å². The molecule has 54 heavy (non-hydrogen) atoms. The number of hydrogen-bond acceptors (Lipinski definition) is 6. The number of amides is 6. The maximum atomic E-state index is 13.5. The number of nitrogens with zero attached hydrogens (tertiary/aromatic N) is 2. The standard InChI is InChI=1S/C44H30N4O6/c1-25-3-5-28(6-4-25)39(49)45-32-15-7-26(8-16-32)27-9-17-33(18-10-27)46-40(50)29-11-19-34(20-12-29)48-43(53)36-22-14-31(24-38(36)44(48)54)30-13-21-35-37(23-30)42(52)47(2)41(35)51/h3-24H,1-2H3,(H,45,49)(H,46,50). The zero-order chi connectivity index (χ0) is 37.7. The third kappa shape index (κ3) is 6.01. The van der Waals surface area contributed by atoms with E-state index in [1.807, 2.05) is 55.5 Å². The molecule has 262 valence electrons. The second kappa shape index (κ2) is 13.3. The fraction of sp³-hybridized carbons (Fsp3) is 0.0455. The van der Waals surface area contributed by atoms with Gasteiger partial charge in [0, 0.05) is 29.5 Å². The number of hydrogen-bond donors (Lipinski definition) is 2. The van der Waals surface area contributed by atoms with Crippen LogP contribution in [0.15, 0.2) is 133 Å². The molecule has 0 atom stereocenters. The summed E-state index contributed by atoms with van der Waals surface area (Å²) in [6, 6.07) is 38.2. The first-order chi connectivity index (χ1) is 26.0. The first kappa shape index (κ1) is 33.7. The van der Waals surface area contributed by atoms with Gasteiger partial charge in [-0.1, -0.05) is 54.1 Å². The predicted molar refractivity (Wildman–Crippen MR) is 205 cm³/mol. The summed E-state index contributed by atoms with van der Waals surface area (Å²) >= 11 is 0. The summed E-state index contributed by atoms with van der Waals surface area (Å²) in [6.07, 6.45) is 0. The zero-order valence-corrected chi connectivity index (χ0v) is 29.0. The number of carbonyl (C=O) groups excluding carboxylic acids is 6. The second-order valence-electron chi connectivity index (χ2n) is 13.1. The van der Waals surface area contributed by atoms with Gasteiger partial charge in [0.25, 0.3) is 35.4 Å². The van der Waals surface area contributed by atoms with E-state index >= 15 is 0 Å². The van der Waals surface area contributed by atoms with Crippen molar-refractivity contribution < 1.29 is 28.8 Å². The third-order valence-electron chi connectivity index (χ3n) is 9.63. The molecule has 0 aliphatic carbocycles. The largest absolute Gasteiger partial charge is 0.322 e. The smallest absolute Gasteiger partial charge is 0.266 e. The average Bonchev–Trinajstić information content (AvgIpc) is 3.57. The highest BCUT2D eigenvalue weighted by Crippen LogP contribution is 2.34. The number of benzene rings is 6. The van der Waals surface area contributed by atoms with E-state index in [1.165, 1.54) is 7.05 Å². The lowest BCUT2D eigenvalue weighted by atomic mass is 9.97. The molecule has 6 aromatic rings. The van der Waals surface area contributed by atoms with Gasteiger partial charge in [-0.15, -0.1) is 0 Å². The van der Waals surface area contributed by atoms with Crippen molar-refractivity contribution >= 4 is 52.5 Å². The van der Waals surface area contributed by atoms with E-state index in [9.17, 15) is 28.8 Å². The number of anilines is 3. The highest BCUT2D eigenvalue weighted by Gasteiger charge is 2.37. The number of imide groups is 2. The molecular weight excluding hydrogens is 681 g/mol. The molecule has 2 heterocycles. The third-order valence-corrected chi connectivity index (χ3v) is 9.63. The van der Waals surface area contributed by atoms with Gasteiger partial charge in [-0.25, -0.2) is 4.90 Å². The Balaban J connectivity index is 0.910. The fourth-order valence-electron chi connectivity index (χ4n) is 6.56. The minimum absolute atomic E-state index is 0.183. The molecule has 0 saturated heterocycles. The van der Waals surface area contributed by atoms with Gasteiger partial charge in [0.15, 0.2) is 0 Å². The van der Waals surface area contributed by atoms with Crippen molar-refractivity contribution in [3.05, 3.63) is 172 Å². The van der Waals surface area contributed by atoms with Crippen LogP contribution in [0.4, 0.5) is 17.1 Å². The summed E-state index contributed by atoms with van der Waals surface area (Å²) in [6.45, 7) is 1.97. The molecule has 10 nitrogen and oxygen atoms in total. The van der Waals surface area contributed by atoms with Crippen LogP contribution in [0.5, 0.6) is 0 Å². The minimum atomic E-state index is -0.511. The average molecular weight is 711 g/mol. The Bertz CT molecular complexity index is 2560. The molecule has 8 rings (SSSR count). The van der Waals surface area contributed by atoms with Crippen LogP contribution in [0.3, 0.4) is 0 Å². The van der Waals surface area contributed by atoms with Crippen LogP contribution in [0.2, 0.25) is 0 Å². The highest BCUT2D eigenvalue weighted by molar-refractivity contribution is 6.34. The Hall–Kier alpha value is -7.46. The quantitative estimate of drug-likeness (QED) is 0.162. The first-order valence-electron chi connectivity index (χ1n) is 17.1. The van der Waals surface area contributed by atoms with Crippen molar-refractivity contribution in [2.24, 2.45) is 0 Å². The number of rotatable bonds is 7. The Morgan fingerprint density at radius 3 is 1.33 bits per heavy atom. The van der Waals surface area contributed by atoms with Crippen LogP contribution < -0.4 is 15.5 Å².